The fraction of sp³-hybridized carbons (Fsp3) is 0.556. The quantitative estimate of drug-likeness (QED) is 0.671. The van der Waals surface area contributed by atoms with Crippen LogP contribution in [-0.2, 0) is 24.1 Å². The third-order valence-corrected chi connectivity index (χ3v) is 6.07. The monoisotopic (exact) mass is 423 g/mol. The van der Waals surface area contributed by atoms with Gasteiger partial charge in [-0.25, -0.2) is 8.42 Å². The molecule has 0 bridgehead atoms. The number of ether oxygens (including phenoxy) is 2. The van der Waals surface area contributed by atoms with Gasteiger partial charge < -0.3 is 14.4 Å². The summed E-state index contributed by atoms with van der Waals surface area (Å²) >= 11 is 0. The summed E-state index contributed by atoms with van der Waals surface area (Å²) in [5, 5.41) is 10.8. The molecule has 1 fully saturated rings. The van der Waals surface area contributed by atoms with Gasteiger partial charge in [0.05, 0.1) is 30.1 Å². The fourth-order valence-corrected chi connectivity index (χ4v) is 4.66. The van der Waals surface area contributed by atoms with Gasteiger partial charge in [-0.3, -0.25) is 4.79 Å². The van der Waals surface area contributed by atoms with Crippen molar-refractivity contribution in [2.45, 2.75) is 49.8 Å². The zero-order chi connectivity index (χ0) is 21.2. The van der Waals surface area contributed by atoms with Crippen molar-refractivity contribution in [2.24, 2.45) is 0 Å². The number of aromatic nitrogens is 4. The Morgan fingerprint density at radius 3 is 2.52 bits per heavy atom. The van der Waals surface area contributed by atoms with Gasteiger partial charge in [0.15, 0.2) is 5.79 Å². The molecular formula is C18H25N5O5S. The standard InChI is InChI=1S/C18H25N5O5S/c1-18(2)27-14(11-16(24)22(3)4)10-15(28-18)12-29(25,26)17-19-20-21-23(17)13-8-6-5-7-9-13/h5-9,14-15H,10-12H2,1-4H3/t14-,15-/m1/s1. The zero-order valence-electron chi connectivity index (χ0n) is 16.8. The molecule has 158 valence electrons. The number of nitrogens with zero attached hydrogens (tertiary/aromatic N) is 5. The van der Waals surface area contributed by atoms with Crippen molar-refractivity contribution in [1.82, 2.24) is 25.1 Å². The molecule has 1 amide bonds. The lowest BCUT2D eigenvalue weighted by Gasteiger charge is -2.40. The van der Waals surface area contributed by atoms with E-state index < -0.39 is 27.8 Å². The highest BCUT2D eigenvalue weighted by molar-refractivity contribution is 7.91. The Balaban J connectivity index is 1.80. The second-order valence-corrected chi connectivity index (χ2v) is 9.53. The third-order valence-electron chi connectivity index (χ3n) is 4.45. The first kappa shape index (κ1) is 21.3. The van der Waals surface area contributed by atoms with E-state index >= 15 is 0 Å². The van der Waals surface area contributed by atoms with Crippen LogP contribution in [0.5, 0.6) is 0 Å². The molecule has 2 atom stereocenters. The Hall–Kier alpha value is -2.37. The van der Waals surface area contributed by atoms with E-state index in [1.54, 1.807) is 52.2 Å². The molecule has 11 heteroatoms. The summed E-state index contributed by atoms with van der Waals surface area (Å²) in [6, 6.07) is 8.78. The molecule has 1 aliphatic rings. The van der Waals surface area contributed by atoms with Crippen molar-refractivity contribution < 1.29 is 22.7 Å². The number of rotatable bonds is 6. The number of sulfone groups is 1. The van der Waals surface area contributed by atoms with Crippen molar-refractivity contribution in [3.63, 3.8) is 0 Å². The molecule has 10 nitrogen and oxygen atoms in total. The van der Waals surface area contributed by atoms with Crippen molar-refractivity contribution in [2.75, 3.05) is 19.8 Å². The minimum absolute atomic E-state index is 0.0951. The second kappa shape index (κ2) is 8.17. The van der Waals surface area contributed by atoms with Crippen molar-refractivity contribution in [3.8, 4) is 5.69 Å². The molecule has 0 unspecified atom stereocenters. The van der Waals surface area contributed by atoms with Gasteiger partial charge in [-0.2, -0.15) is 4.68 Å². The number of para-hydroxylation sites is 1. The van der Waals surface area contributed by atoms with Crippen LogP contribution in [0.3, 0.4) is 0 Å². The van der Waals surface area contributed by atoms with Gasteiger partial charge in [-0.15, -0.1) is 0 Å². The molecule has 0 aliphatic carbocycles. The lowest BCUT2D eigenvalue weighted by molar-refractivity contribution is -0.294. The van der Waals surface area contributed by atoms with Crippen LogP contribution in [0.2, 0.25) is 0 Å². The number of benzene rings is 1. The van der Waals surface area contributed by atoms with Gasteiger partial charge >= 0.3 is 0 Å². The minimum Gasteiger partial charge on any atom is -0.349 e. The van der Waals surface area contributed by atoms with E-state index in [1.807, 2.05) is 6.07 Å². The van der Waals surface area contributed by atoms with E-state index in [1.165, 1.54) is 9.58 Å². The van der Waals surface area contributed by atoms with Crippen molar-refractivity contribution in [1.29, 1.82) is 0 Å². The van der Waals surface area contributed by atoms with Gasteiger partial charge in [-0.05, 0) is 36.4 Å². The van der Waals surface area contributed by atoms with E-state index in [9.17, 15) is 13.2 Å². The second-order valence-electron chi connectivity index (χ2n) is 7.60. The molecule has 0 saturated carbocycles. The molecule has 0 radical (unpaired) electrons. The van der Waals surface area contributed by atoms with E-state index in [0.717, 1.165) is 0 Å². The zero-order valence-corrected chi connectivity index (χ0v) is 17.7. The summed E-state index contributed by atoms with van der Waals surface area (Å²) in [5.74, 6) is -1.43. The van der Waals surface area contributed by atoms with E-state index in [0.29, 0.717) is 5.69 Å². The molecule has 1 aromatic carbocycles. The van der Waals surface area contributed by atoms with Crippen LogP contribution >= 0.6 is 0 Å². The number of tetrazole rings is 1. The predicted octanol–water partition coefficient (Wildman–Crippen LogP) is 0.825. The highest BCUT2D eigenvalue weighted by atomic mass is 32.2. The smallest absolute Gasteiger partial charge is 0.272 e. The summed E-state index contributed by atoms with van der Waals surface area (Å²) in [5.41, 5.74) is 0.541. The van der Waals surface area contributed by atoms with Crippen LogP contribution in [0.1, 0.15) is 26.7 Å². The average Bonchev–Trinajstić information content (AvgIpc) is 3.11. The molecule has 3 rings (SSSR count). The number of carbonyl (C=O) groups excluding carboxylic acids is 1. The van der Waals surface area contributed by atoms with Crippen molar-refractivity contribution in [3.05, 3.63) is 30.3 Å². The van der Waals surface area contributed by atoms with Crippen LogP contribution in [0.4, 0.5) is 0 Å². The molecule has 0 spiro atoms. The van der Waals surface area contributed by atoms with Gasteiger partial charge in [0.2, 0.25) is 15.7 Å². The van der Waals surface area contributed by atoms with Crippen LogP contribution in [0.15, 0.2) is 35.5 Å². The maximum Gasteiger partial charge on any atom is 0.272 e. The molecule has 2 aromatic rings. The Kier molecular flexibility index (Phi) is 6.01. The average molecular weight is 423 g/mol. The maximum absolute atomic E-state index is 13.0. The fourth-order valence-electron chi connectivity index (χ4n) is 3.25. The SMILES string of the molecule is CN(C)C(=O)C[C@H]1C[C@H](CS(=O)(=O)c2nnnn2-c2ccccc2)OC(C)(C)O1. The largest absolute Gasteiger partial charge is 0.349 e. The summed E-state index contributed by atoms with van der Waals surface area (Å²) in [7, 11) is -0.533. The lowest BCUT2D eigenvalue weighted by Crippen LogP contribution is -2.48. The number of hydrogen-bond acceptors (Lipinski definition) is 8. The van der Waals surface area contributed by atoms with Gasteiger partial charge in [0, 0.05) is 20.5 Å². The van der Waals surface area contributed by atoms with Crippen LogP contribution in [0.25, 0.3) is 5.69 Å². The topological polar surface area (TPSA) is 117 Å². The van der Waals surface area contributed by atoms with E-state index in [4.69, 9.17) is 9.47 Å². The Labute approximate surface area is 169 Å². The van der Waals surface area contributed by atoms with Crippen LogP contribution < -0.4 is 0 Å². The van der Waals surface area contributed by atoms with E-state index in [-0.39, 0.29) is 29.7 Å². The third kappa shape index (κ3) is 5.17. The molecule has 1 aromatic heterocycles. The predicted molar refractivity (Wildman–Crippen MR) is 103 cm³/mol. The van der Waals surface area contributed by atoms with Gasteiger partial charge in [0.1, 0.15) is 0 Å². The highest BCUT2D eigenvalue weighted by Gasteiger charge is 2.39. The van der Waals surface area contributed by atoms with Crippen LogP contribution in [0, 0.1) is 0 Å². The Morgan fingerprint density at radius 2 is 1.86 bits per heavy atom. The molecule has 1 aliphatic heterocycles. The lowest BCUT2D eigenvalue weighted by atomic mass is 10.1. The molecule has 29 heavy (non-hydrogen) atoms. The first-order valence-electron chi connectivity index (χ1n) is 9.20. The summed E-state index contributed by atoms with van der Waals surface area (Å²) in [6.07, 6.45) is -0.684. The van der Waals surface area contributed by atoms with Gasteiger partial charge in [0.25, 0.3) is 5.16 Å². The normalized spacial score (nSPS) is 21.7. The van der Waals surface area contributed by atoms with Gasteiger partial charge in [-0.1, -0.05) is 23.3 Å². The van der Waals surface area contributed by atoms with Crippen LogP contribution in [-0.4, -0.2) is 77.3 Å². The Bertz CT molecular complexity index is 958. The number of hydrogen-bond donors (Lipinski definition) is 0. The summed E-state index contributed by atoms with van der Waals surface area (Å²) in [4.78, 5) is 13.5. The first-order chi connectivity index (χ1) is 13.6. The summed E-state index contributed by atoms with van der Waals surface area (Å²) < 4.78 is 38.9. The van der Waals surface area contributed by atoms with Crippen molar-refractivity contribution >= 4 is 15.7 Å². The maximum atomic E-state index is 13.0. The highest BCUT2D eigenvalue weighted by Crippen LogP contribution is 2.30. The number of amides is 1. The molecule has 1 saturated heterocycles. The van der Waals surface area contributed by atoms with E-state index in [2.05, 4.69) is 15.5 Å². The molecule has 2 heterocycles. The summed E-state index contributed by atoms with van der Waals surface area (Å²) in [6.45, 7) is 3.40. The minimum atomic E-state index is -3.86. The first-order valence-corrected chi connectivity index (χ1v) is 10.8. The Morgan fingerprint density at radius 1 is 1.21 bits per heavy atom. The number of carbonyl (C=O) groups is 1. The molecule has 0 N–H and O–H groups in total. The molecular weight excluding hydrogens is 398 g/mol.